The van der Waals surface area contributed by atoms with Gasteiger partial charge in [0.05, 0.1) is 5.16 Å². The van der Waals surface area contributed by atoms with Crippen molar-refractivity contribution >= 4 is 36.4 Å². The Labute approximate surface area is 76.3 Å². The lowest BCUT2D eigenvalue weighted by Gasteiger charge is -2.06. The third kappa shape index (κ3) is 3.86. The summed E-state index contributed by atoms with van der Waals surface area (Å²) in [6.07, 6.45) is 1.17. The predicted molar refractivity (Wildman–Crippen MR) is 46.5 cm³/mol. The van der Waals surface area contributed by atoms with Crippen LogP contribution in [0.5, 0.6) is 0 Å². The van der Waals surface area contributed by atoms with Crippen LogP contribution in [0.2, 0.25) is 5.16 Å². The molecule has 0 saturated carbocycles. The molecule has 2 atom stereocenters. The minimum Gasteiger partial charge on any atom is -0.312 e. The van der Waals surface area contributed by atoms with Crippen LogP contribution in [0.4, 0.5) is 8.22 Å². The molecule has 0 N–H and O–H groups in total. The summed E-state index contributed by atoms with van der Waals surface area (Å²) in [6.45, 7) is 0. The SMILES string of the molecule is O=[C]C([SiH](F)C=C=O)[SiH](F)C=C=O. The maximum Gasteiger partial charge on any atom is 0.277 e. The Morgan fingerprint density at radius 1 is 1.00 bits per heavy atom. The van der Waals surface area contributed by atoms with Crippen molar-refractivity contribution < 1.29 is 22.6 Å². The molecule has 0 aliphatic rings. The quantitative estimate of drug-likeness (QED) is 0.347. The Hall–Kier alpha value is -1.14. The highest BCUT2D eigenvalue weighted by atomic mass is 28.4. The highest BCUT2D eigenvalue weighted by Gasteiger charge is 2.32. The molecule has 0 fully saturated rings. The fourth-order valence-electron chi connectivity index (χ4n) is 0.643. The summed E-state index contributed by atoms with van der Waals surface area (Å²) in [6, 6.07) is 0. The summed E-state index contributed by atoms with van der Waals surface area (Å²) >= 11 is 0. The molecule has 0 rings (SSSR count). The zero-order chi connectivity index (χ0) is 10.3. The predicted octanol–water partition coefficient (Wildman–Crippen LogP) is -0.754. The van der Waals surface area contributed by atoms with Crippen molar-refractivity contribution in [2.75, 3.05) is 0 Å². The number of rotatable bonds is 5. The Morgan fingerprint density at radius 3 is 1.62 bits per heavy atom. The monoisotopic (exact) mass is 219 g/mol. The summed E-state index contributed by atoms with van der Waals surface area (Å²) < 4.78 is 25.7. The highest BCUT2D eigenvalue weighted by molar-refractivity contribution is 6.83. The van der Waals surface area contributed by atoms with Gasteiger partial charge >= 0.3 is 0 Å². The van der Waals surface area contributed by atoms with Crippen molar-refractivity contribution in [3.05, 3.63) is 11.4 Å². The van der Waals surface area contributed by atoms with Gasteiger partial charge in [-0.15, -0.1) is 0 Å². The molecule has 0 aliphatic heterocycles. The summed E-state index contributed by atoms with van der Waals surface area (Å²) in [5, 5.41) is -1.54. The molecule has 3 nitrogen and oxygen atoms in total. The third-order valence-electron chi connectivity index (χ3n) is 1.28. The van der Waals surface area contributed by atoms with Gasteiger partial charge in [-0.25, -0.2) is 9.59 Å². The Morgan fingerprint density at radius 2 is 1.38 bits per heavy atom. The molecule has 0 spiro atoms. The second kappa shape index (κ2) is 6.39. The van der Waals surface area contributed by atoms with E-state index in [1.807, 2.05) is 0 Å². The average molecular weight is 219 g/mol. The van der Waals surface area contributed by atoms with Crippen LogP contribution in [0.25, 0.3) is 0 Å². The van der Waals surface area contributed by atoms with Crippen LogP contribution >= 0.6 is 0 Å². The standard InChI is InChI=1S/C6H5F2O3Si2/c7-12(3-1-9)6(5-11)13(8)4-2-10/h3-4,6,12-13H. The minimum absolute atomic E-state index is 0.522. The van der Waals surface area contributed by atoms with Gasteiger partial charge in [-0.1, -0.05) is 0 Å². The highest BCUT2D eigenvalue weighted by Crippen LogP contribution is 2.14. The first-order chi connectivity index (χ1) is 6.17. The zero-order valence-electron chi connectivity index (χ0n) is 6.37. The molecule has 7 heteroatoms. The number of hydrogen-bond acceptors (Lipinski definition) is 3. The molecular weight excluding hydrogens is 214 g/mol. The van der Waals surface area contributed by atoms with E-state index < -0.39 is 23.4 Å². The maximum absolute atomic E-state index is 12.8. The lowest BCUT2D eigenvalue weighted by atomic mass is 10.9. The molecule has 69 valence electrons. The van der Waals surface area contributed by atoms with Crippen LogP contribution < -0.4 is 0 Å². The van der Waals surface area contributed by atoms with Gasteiger partial charge in [-0.2, -0.15) is 0 Å². The van der Waals surface area contributed by atoms with E-state index in [1.165, 1.54) is 6.29 Å². The third-order valence-corrected chi connectivity index (χ3v) is 6.04. The summed E-state index contributed by atoms with van der Waals surface area (Å²) in [4.78, 5) is 29.5. The smallest absolute Gasteiger partial charge is 0.277 e. The van der Waals surface area contributed by atoms with E-state index in [0.29, 0.717) is 11.4 Å². The van der Waals surface area contributed by atoms with Gasteiger partial charge < -0.3 is 8.22 Å². The van der Waals surface area contributed by atoms with Gasteiger partial charge in [0.15, 0.2) is 0 Å². The average Bonchev–Trinajstić information content (AvgIpc) is 2.06. The van der Waals surface area contributed by atoms with Crippen LogP contribution in [-0.4, -0.2) is 36.4 Å². The lowest BCUT2D eigenvalue weighted by Crippen LogP contribution is -2.27. The van der Waals surface area contributed by atoms with E-state index in [9.17, 15) is 22.6 Å². The second-order valence-corrected chi connectivity index (χ2v) is 6.75. The fourth-order valence-corrected chi connectivity index (χ4v) is 3.65. The fraction of sp³-hybridized carbons (Fsp3) is 0.167. The number of halogens is 2. The number of hydrogen-bond donors (Lipinski definition) is 0. The Kier molecular flexibility index (Phi) is 5.83. The van der Waals surface area contributed by atoms with E-state index in [1.54, 1.807) is 0 Å². The van der Waals surface area contributed by atoms with Gasteiger partial charge in [-0.3, -0.25) is 4.79 Å². The van der Waals surface area contributed by atoms with Crippen molar-refractivity contribution in [1.29, 1.82) is 0 Å². The van der Waals surface area contributed by atoms with Crippen LogP contribution in [0.3, 0.4) is 0 Å². The van der Waals surface area contributed by atoms with Gasteiger partial charge in [0.2, 0.25) is 6.29 Å². The molecule has 0 bridgehead atoms. The van der Waals surface area contributed by atoms with E-state index in [-0.39, 0.29) is 0 Å². The maximum atomic E-state index is 12.8. The first-order valence-electron chi connectivity index (χ1n) is 3.25. The molecular formula is C6H5F2O3Si2. The van der Waals surface area contributed by atoms with Crippen LogP contribution in [0.15, 0.2) is 11.4 Å². The normalized spacial score (nSPS) is 15.8. The van der Waals surface area contributed by atoms with E-state index in [0.717, 1.165) is 11.9 Å². The molecule has 0 amide bonds. The van der Waals surface area contributed by atoms with Crippen molar-refractivity contribution in [2.45, 2.75) is 5.16 Å². The van der Waals surface area contributed by atoms with Crippen LogP contribution in [0.1, 0.15) is 0 Å². The zero-order valence-corrected chi connectivity index (χ0v) is 8.68. The minimum atomic E-state index is -3.40. The molecule has 0 aliphatic carbocycles. The first-order valence-corrected chi connectivity index (χ1v) is 6.79. The molecule has 2 unspecified atom stereocenters. The molecule has 13 heavy (non-hydrogen) atoms. The van der Waals surface area contributed by atoms with E-state index in [4.69, 9.17) is 0 Å². The lowest BCUT2D eigenvalue weighted by molar-refractivity contribution is 0.555. The molecule has 0 saturated heterocycles. The van der Waals surface area contributed by atoms with E-state index >= 15 is 0 Å². The summed E-state index contributed by atoms with van der Waals surface area (Å²) in [5.74, 6) is 2.31. The number of carbonyl (C=O) groups excluding carboxylic acids is 3. The summed E-state index contributed by atoms with van der Waals surface area (Å²) in [5.41, 5.74) is 1.04. The largest absolute Gasteiger partial charge is 0.312 e. The topological polar surface area (TPSA) is 51.2 Å². The van der Waals surface area contributed by atoms with Gasteiger partial charge in [0, 0.05) is 11.4 Å². The van der Waals surface area contributed by atoms with Gasteiger partial charge in [0.25, 0.3) is 18.3 Å². The molecule has 1 radical (unpaired) electrons. The van der Waals surface area contributed by atoms with Crippen molar-refractivity contribution in [2.24, 2.45) is 0 Å². The van der Waals surface area contributed by atoms with Crippen LogP contribution in [-0.2, 0) is 14.4 Å². The second-order valence-electron chi connectivity index (χ2n) is 2.10. The molecule has 0 aromatic heterocycles. The van der Waals surface area contributed by atoms with E-state index in [2.05, 4.69) is 0 Å². The van der Waals surface area contributed by atoms with Crippen molar-refractivity contribution in [3.63, 3.8) is 0 Å². The van der Waals surface area contributed by atoms with Crippen LogP contribution in [0, 0.1) is 0 Å². The van der Waals surface area contributed by atoms with Gasteiger partial charge in [0.1, 0.15) is 11.9 Å². The van der Waals surface area contributed by atoms with Crippen molar-refractivity contribution in [1.82, 2.24) is 0 Å². The summed E-state index contributed by atoms with van der Waals surface area (Å²) in [7, 11) is -6.80. The first kappa shape index (κ1) is 11.9. The Bertz CT molecular complexity index is 247. The van der Waals surface area contributed by atoms with Gasteiger partial charge in [-0.05, 0) is 0 Å². The Balaban J connectivity index is 4.57. The molecule has 0 aromatic carbocycles. The molecule has 0 heterocycles. The molecule has 0 aromatic rings. The van der Waals surface area contributed by atoms with Crippen molar-refractivity contribution in [3.8, 4) is 0 Å².